The van der Waals surface area contributed by atoms with E-state index in [4.69, 9.17) is 21.1 Å². The van der Waals surface area contributed by atoms with Gasteiger partial charge in [0.15, 0.2) is 16.6 Å². The number of carbonyl (C=O) groups is 2. The Kier molecular flexibility index (Phi) is 8.03. The van der Waals surface area contributed by atoms with Crippen LogP contribution in [-0.4, -0.2) is 24.0 Å². The van der Waals surface area contributed by atoms with Gasteiger partial charge in [-0.2, -0.15) is 0 Å². The molecule has 2 aromatic carbocycles. The number of methoxy groups -OCH3 is 1. The number of amides is 1. The van der Waals surface area contributed by atoms with Crippen LogP contribution in [0, 0.1) is 0 Å². The molecule has 1 heterocycles. The van der Waals surface area contributed by atoms with Crippen LogP contribution >= 0.6 is 22.9 Å². The molecule has 0 spiro atoms. The molecule has 0 atom stereocenters. The quantitative estimate of drug-likeness (QED) is 0.299. The van der Waals surface area contributed by atoms with Crippen LogP contribution in [0.15, 0.2) is 54.0 Å². The average molecular weight is 459 g/mol. The lowest BCUT2D eigenvalue weighted by molar-refractivity contribution is -0.134. The number of rotatable bonds is 9. The number of anilines is 2. The van der Waals surface area contributed by atoms with Crippen LogP contribution in [-0.2, 0) is 16.0 Å². The van der Waals surface area contributed by atoms with Gasteiger partial charge in [0.2, 0.25) is 5.91 Å². The Morgan fingerprint density at radius 2 is 1.87 bits per heavy atom. The molecule has 0 radical (unpaired) electrons. The van der Waals surface area contributed by atoms with Gasteiger partial charge in [-0.05, 0) is 54.8 Å². The van der Waals surface area contributed by atoms with Crippen LogP contribution in [0.2, 0.25) is 5.02 Å². The molecule has 0 aliphatic carbocycles. The summed E-state index contributed by atoms with van der Waals surface area (Å²) in [5.41, 5.74) is 1.61. The van der Waals surface area contributed by atoms with Crippen molar-refractivity contribution in [1.29, 1.82) is 0 Å². The number of hydrogen-bond donors (Lipinski definition) is 0. The number of aromatic nitrogens is 1. The minimum Gasteiger partial charge on any atom is -0.493 e. The number of thiazole rings is 1. The van der Waals surface area contributed by atoms with Crippen LogP contribution in [0.1, 0.15) is 31.7 Å². The van der Waals surface area contributed by atoms with Crippen LogP contribution in [0.5, 0.6) is 11.5 Å². The van der Waals surface area contributed by atoms with Crippen molar-refractivity contribution in [1.82, 2.24) is 4.98 Å². The number of hydrogen-bond acceptors (Lipinski definition) is 6. The number of esters is 1. The number of halogens is 1. The fraction of sp³-hybridized carbons (Fsp3) is 0.261. The van der Waals surface area contributed by atoms with E-state index >= 15 is 0 Å². The Morgan fingerprint density at radius 1 is 1.10 bits per heavy atom. The summed E-state index contributed by atoms with van der Waals surface area (Å²) in [6.07, 6.45) is 3.48. The van der Waals surface area contributed by atoms with E-state index in [1.807, 2.05) is 18.4 Å². The first-order chi connectivity index (χ1) is 15.0. The third-order valence-corrected chi connectivity index (χ3v) is 5.49. The predicted molar refractivity (Wildman–Crippen MR) is 123 cm³/mol. The van der Waals surface area contributed by atoms with Crippen LogP contribution in [0.3, 0.4) is 0 Å². The summed E-state index contributed by atoms with van der Waals surface area (Å²) in [6, 6.07) is 12.4. The van der Waals surface area contributed by atoms with E-state index in [-0.39, 0.29) is 18.3 Å². The molecule has 31 heavy (non-hydrogen) atoms. The molecule has 3 aromatic rings. The molecule has 3 rings (SSSR count). The van der Waals surface area contributed by atoms with Crippen molar-refractivity contribution in [3.8, 4) is 11.5 Å². The lowest BCUT2D eigenvalue weighted by Gasteiger charge is -2.20. The third kappa shape index (κ3) is 6.06. The van der Waals surface area contributed by atoms with Crippen molar-refractivity contribution in [3.63, 3.8) is 0 Å². The van der Waals surface area contributed by atoms with Crippen LogP contribution < -0.4 is 14.4 Å². The molecule has 0 N–H and O–H groups in total. The fourth-order valence-electron chi connectivity index (χ4n) is 2.97. The maximum Gasteiger partial charge on any atom is 0.311 e. The molecule has 0 fully saturated rings. The number of ether oxygens (including phenoxy) is 2. The number of carbonyl (C=O) groups excluding carboxylic acids is 2. The fourth-order valence-corrected chi connectivity index (χ4v) is 3.77. The smallest absolute Gasteiger partial charge is 0.311 e. The normalized spacial score (nSPS) is 10.5. The van der Waals surface area contributed by atoms with Crippen LogP contribution in [0.4, 0.5) is 10.8 Å². The van der Waals surface area contributed by atoms with Crippen molar-refractivity contribution in [2.75, 3.05) is 12.0 Å². The maximum atomic E-state index is 13.1. The average Bonchev–Trinajstić information content (AvgIpc) is 3.29. The Bertz CT molecular complexity index is 1020. The Morgan fingerprint density at radius 3 is 2.52 bits per heavy atom. The van der Waals surface area contributed by atoms with Gasteiger partial charge >= 0.3 is 5.97 Å². The van der Waals surface area contributed by atoms with E-state index in [9.17, 15) is 9.59 Å². The molecule has 6 nitrogen and oxygen atoms in total. The summed E-state index contributed by atoms with van der Waals surface area (Å²) >= 11 is 7.38. The molecule has 0 unspecified atom stereocenters. The van der Waals surface area contributed by atoms with Gasteiger partial charge in [-0.25, -0.2) is 4.98 Å². The summed E-state index contributed by atoms with van der Waals surface area (Å²) < 4.78 is 10.7. The Labute approximate surface area is 190 Å². The maximum absolute atomic E-state index is 13.1. The highest BCUT2D eigenvalue weighted by Gasteiger charge is 2.20. The topological polar surface area (TPSA) is 68.7 Å². The van der Waals surface area contributed by atoms with Crippen molar-refractivity contribution < 1.29 is 19.1 Å². The minimum absolute atomic E-state index is 0.0883. The molecule has 0 aliphatic heterocycles. The molecule has 1 aromatic heterocycles. The molecule has 1 amide bonds. The van der Waals surface area contributed by atoms with Gasteiger partial charge in [-0.1, -0.05) is 24.6 Å². The molecule has 0 bridgehead atoms. The van der Waals surface area contributed by atoms with E-state index < -0.39 is 0 Å². The van der Waals surface area contributed by atoms with E-state index in [1.54, 1.807) is 47.5 Å². The standard InChI is InChI=1S/C23H23ClN2O4S/c1-3-4-22(28)30-19-11-5-16(15-20(19)29-2)6-12-21(27)26(23-25-13-14-31-23)18-9-7-17(24)8-10-18/h5,7-11,13-15H,3-4,6,12H2,1-2H3. The van der Waals surface area contributed by atoms with Gasteiger partial charge in [0, 0.05) is 29.4 Å². The number of nitrogens with zero attached hydrogens (tertiary/aromatic N) is 2. The molecule has 0 aliphatic rings. The van der Waals surface area contributed by atoms with Crippen LogP contribution in [0.25, 0.3) is 0 Å². The monoisotopic (exact) mass is 458 g/mol. The van der Waals surface area contributed by atoms with E-state index in [1.165, 1.54) is 18.4 Å². The van der Waals surface area contributed by atoms with Gasteiger partial charge in [0.25, 0.3) is 0 Å². The SMILES string of the molecule is CCCC(=O)Oc1ccc(CCC(=O)N(c2ccc(Cl)cc2)c2nccs2)cc1OC. The molecule has 8 heteroatoms. The van der Waals surface area contributed by atoms with Crippen molar-refractivity contribution in [2.24, 2.45) is 0 Å². The van der Waals surface area contributed by atoms with Gasteiger partial charge in [-0.15, -0.1) is 11.3 Å². The Hall–Kier alpha value is -2.90. The number of aryl methyl sites for hydroxylation is 1. The second-order valence-electron chi connectivity index (χ2n) is 6.73. The summed E-state index contributed by atoms with van der Waals surface area (Å²) in [5.74, 6) is 0.450. The summed E-state index contributed by atoms with van der Waals surface area (Å²) in [7, 11) is 1.52. The van der Waals surface area contributed by atoms with E-state index in [0.717, 1.165) is 5.56 Å². The molecular weight excluding hydrogens is 436 g/mol. The second-order valence-corrected chi connectivity index (χ2v) is 8.04. The largest absolute Gasteiger partial charge is 0.493 e. The lowest BCUT2D eigenvalue weighted by atomic mass is 10.1. The predicted octanol–water partition coefficient (Wildman–Crippen LogP) is 5.81. The van der Waals surface area contributed by atoms with Crippen molar-refractivity contribution in [3.05, 3.63) is 64.6 Å². The molecule has 162 valence electrons. The highest BCUT2D eigenvalue weighted by Crippen LogP contribution is 2.31. The van der Waals surface area contributed by atoms with Gasteiger partial charge in [0.1, 0.15) is 0 Å². The zero-order valence-corrected chi connectivity index (χ0v) is 18.9. The highest BCUT2D eigenvalue weighted by atomic mass is 35.5. The second kappa shape index (κ2) is 10.9. The van der Waals surface area contributed by atoms with Gasteiger partial charge in [0.05, 0.1) is 12.8 Å². The summed E-state index contributed by atoms with van der Waals surface area (Å²) in [6.45, 7) is 1.91. The number of benzene rings is 2. The highest BCUT2D eigenvalue weighted by molar-refractivity contribution is 7.13. The first-order valence-corrected chi connectivity index (χ1v) is 11.1. The van der Waals surface area contributed by atoms with Crippen molar-refractivity contribution >= 4 is 45.6 Å². The van der Waals surface area contributed by atoms with Crippen molar-refractivity contribution in [2.45, 2.75) is 32.6 Å². The Balaban J connectivity index is 1.73. The molecule has 0 saturated heterocycles. The zero-order valence-electron chi connectivity index (χ0n) is 17.3. The van der Waals surface area contributed by atoms with E-state index in [0.29, 0.717) is 46.6 Å². The zero-order chi connectivity index (χ0) is 22.2. The minimum atomic E-state index is -0.300. The molecular formula is C23H23ClN2O4S. The first kappa shape index (κ1) is 22.8. The summed E-state index contributed by atoms with van der Waals surface area (Å²) in [5, 5.41) is 3.03. The van der Waals surface area contributed by atoms with E-state index in [2.05, 4.69) is 4.98 Å². The first-order valence-electron chi connectivity index (χ1n) is 9.87. The van der Waals surface area contributed by atoms with Gasteiger partial charge in [-0.3, -0.25) is 14.5 Å². The third-order valence-electron chi connectivity index (χ3n) is 4.48. The lowest BCUT2D eigenvalue weighted by Crippen LogP contribution is -2.26. The van der Waals surface area contributed by atoms with Gasteiger partial charge < -0.3 is 9.47 Å². The summed E-state index contributed by atoms with van der Waals surface area (Å²) in [4.78, 5) is 30.8. The molecule has 0 saturated carbocycles.